The summed E-state index contributed by atoms with van der Waals surface area (Å²) in [5.74, 6) is 0.290. The van der Waals surface area contributed by atoms with Gasteiger partial charge in [-0.1, -0.05) is 6.92 Å². The van der Waals surface area contributed by atoms with Crippen molar-refractivity contribution in [3.63, 3.8) is 0 Å². The summed E-state index contributed by atoms with van der Waals surface area (Å²) in [6.45, 7) is 11.2. The topological polar surface area (TPSA) is 32.8 Å². The molecule has 2 fully saturated rings. The summed E-state index contributed by atoms with van der Waals surface area (Å²) in [5.41, 5.74) is 0. The van der Waals surface area contributed by atoms with Crippen molar-refractivity contribution in [1.82, 2.24) is 9.80 Å². The smallest absolute Gasteiger partial charge is 0.227 e. The maximum atomic E-state index is 12.2. The molecule has 1 unspecified atom stereocenters. The first kappa shape index (κ1) is 15.8. The van der Waals surface area contributed by atoms with Gasteiger partial charge in [0.05, 0.1) is 18.6 Å². The lowest BCUT2D eigenvalue weighted by molar-refractivity contribution is -0.137. The van der Waals surface area contributed by atoms with Gasteiger partial charge in [0.25, 0.3) is 0 Å². The maximum Gasteiger partial charge on any atom is 0.227 e. The summed E-state index contributed by atoms with van der Waals surface area (Å²) < 4.78 is 5.98. The highest BCUT2D eigenvalue weighted by atomic mass is 16.5. The molecule has 2 aliphatic rings. The quantitative estimate of drug-likeness (QED) is 0.774. The number of rotatable bonds is 5. The molecule has 1 amide bonds. The summed E-state index contributed by atoms with van der Waals surface area (Å²) in [7, 11) is 0. The van der Waals surface area contributed by atoms with Crippen LogP contribution < -0.4 is 0 Å². The molecular weight excluding hydrogens is 252 g/mol. The van der Waals surface area contributed by atoms with Crippen molar-refractivity contribution < 1.29 is 9.53 Å². The molecule has 0 bridgehead atoms. The molecule has 2 aliphatic heterocycles. The molecule has 2 heterocycles. The highest BCUT2D eigenvalue weighted by molar-refractivity contribution is 5.78. The fourth-order valence-electron chi connectivity index (χ4n) is 3.16. The Morgan fingerprint density at radius 3 is 2.25 bits per heavy atom. The minimum absolute atomic E-state index is 0.0104. The summed E-state index contributed by atoms with van der Waals surface area (Å²) in [4.78, 5) is 16.7. The number of likely N-dealkylation sites (tertiary alicyclic amines) is 2. The van der Waals surface area contributed by atoms with Crippen LogP contribution in [0, 0.1) is 5.92 Å². The van der Waals surface area contributed by atoms with E-state index in [0.29, 0.717) is 18.8 Å². The van der Waals surface area contributed by atoms with Gasteiger partial charge < -0.3 is 14.5 Å². The van der Waals surface area contributed by atoms with Crippen LogP contribution in [0.3, 0.4) is 0 Å². The highest BCUT2D eigenvalue weighted by Crippen LogP contribution is 2.18. The van der Waals surface area contributed by atoms with E-state index < -0.39 is 0 Å². The molecule has 0 N–H and O–H groups in total. The van der Waals surface area contributed by atoms with Crippen molar-refractivity contribution in [1.29, 1.82) is 0 Å². The summed E-state index contributed by atoms with van der Waals surface area (Å²) in [6.07, 6.45) is 4.87. The maximum absolute atomic E-state index is 12.2. The monoisotopic (exact) mass is 282 g/mol. The Hall–Kier alpha value is -0.610. The molecule has 0 aromatic rings. The Morgan fingerprint density at radius 2 is 1.70 bits per heavy atom. The van der Waals surface area contributed by atoms with E-state index in [-0.39, 0.29) is 11.8 Å². The van der Waals surface area contributed by atoms with E-state index >= 15 is 0 Å². The van der Waals surface area contributed by atoms with Crippen LogP contribution in [0.5, 0.6) is 0 Å². The van der Waals surface area contributed by atoms with Crippen molar-refractivity contribution in [2.24, 2.45) is 5.92 Å². The number of piperidine rings is 1. The van der Waals surface area contributed by atoms with Gasteiger partial charge in [0.2, 0.25) is 5.91 Å². The second kappa shape index (κ2) is 7.41. The largest absolute Gasteiger partial charge is 0.377 e. The third-order valence-corrected chi connectivity index (χ3v) is 4.63. The van der Waals surface area contributed by atoms with Crippen molar-refractivity contribution in [2.45, 2.75) is 58.6 Å². The number of nitrogens with zero attached hydrogens (tertiary/aromatic N) is 2. The predicted molar refractivity (Wildman–Crippen MR) is 80.7 cm³/mol. The van der Waals surface area contributed by atoms with E-state index in [9.17, 15) is 4.79 Å². The Kier molecular flexibility index (Phi) is 5.85. The Labute approximate surface area is 123 Å². The minimum atomic E-state index is 0.0104. The third kappa shape index (κ3) is 4.19. The van der Waals surface area contributed by atoms with Crippen LogP contribution >= 0.6 is 0 Å². The Balaban J connectivity index is 1.66. The molecule has 20 heavy (non-hydrogen) atoms. The fraction of sp³-hybridized carbons (Fsp3) is 0.938. The Bertz CT molecular complexity index is 306. The molecular formula is C16H30N2O2. The molecule has 0 saturated carbocycles. The van der Waals surface area contributed by atoms with E-state index in [2.05, 4.69) is 18.7 Å². The summed E-state index contributed by atoms with van der Waals surface area (Å²) >= 11 is 0. The van der Waals surface area contributed by atoms with Gasteiger partial charge in [0.15, 0.2) is 0 Å². The lowest BCUT2D eigenvalue weighted by Crippen LogP contribution is -2.42. The summed E-state index contributed by atoms with van der Waals surface area (Å²) in [5, 5.41) is 0. The first-order valence-electron chi connectivity index (χ1n) is 8.22. The van der Waals surface area contributed by atoms with E-state index in [1.807, 2.05) is 11.8 Å². The van der Waals surface area contributed by atoms with Crippen molar-refractivity contribution in [2.75, 3.05) is 32.8 Å². The van der Waals surface area contributed by atoms with Crippen LogP contribution in [-0.2, 0) is 9.53 Å². The second-order valence-corrected chi connectivity index (χ2v) is 6.60. The van der Waals surface area contributed by atoms with Crippen molar-refractivity contribution in [3.05, 3.63) is 0 Å². The molecule has 2 rings (SSSR count). The van der Waals surface area contributed by atoms with Gasteiger partial charge in [-0.05, 0) is 39.5 Å². The average Bonchev–Trinajstić information content (AvgIpc) is 2.98. The van der Waals surface area contributed by atoms with E-state index in [4.69, 9.17) is 4.74 Å². The SMILES string of the molecule is CC(COC1CCN(C(C)C)CC1)C(=O)N1CCCC1. The van der Waals surface area contributed by atoms with Crippen LogP contribution in [0.4, 0.5) is 0 Å². The van der Waals surface area contributed by atoms with Gasteiger partial charge >= 0.3 is 0 Å². The van der Waals surface area contributed by atoms with E-state index in [1.54, 1.807) is 0 Å². The lowest BCUT2D eigenvalue weighted by Gasteiger charge is -2.34. The first-order valence-corrected chi connectivity index (χ1v) is 8.22. The van der Waals surface area contributed by atoms with Gasteiger partial charge in [-0.2, -0.15) is 0 Å². The number of carbonyl (C=O) groups excluding carboxylic acids is 1. The third-order valence-electron chi connectivity index (χ3n) is 4.63. The zero-order chi connectivity index (χ0) is 14.5. The molecule has 0 aromatic heterocycles. The first-order chi connectivity index (χ1) is 9.58. The van der Waals surface area contributed by atoms with Gasteiger partial charge in [0, 0.05) is 32.2 Å². The lowest BCUT2D eigenvalue weighted by atomic mass is 10.1. The molecule has 2 saturated heterocycles. The predicted octanol–water partition coefficient (Wildman–Crippen LogP) is 2.13. The molecule has 4 heteroatoms. The van der Waals surface area contributed by atoms with Crippen molar-refractivity contribution in [3.8, 4) is 0 Å². The highest BCUT2D eigenvalue weighted by Gasteiger charge is 2.26. The minimum Gasteiger partial charge on any atom is -0.377 e. The molecule has 0 radical (unpaired) electrons. The van der Waals surface area contributed by atoms with Crippen molar-refractivity contribution >= 4 is 5.91 Å². The second-order valence-electron chi connectivity index (χ2n) is 6.60. The van der Waals surface area contributed by atoms with Crippen LogP contribution in [0.1, 0.15) is 46.5 Å². The van der Waals surface area contributed by atoms with Crippen LogP contribution in [-0.4, -0.2) is 60.6 Å². The van der Waals surface area contributed by atoms with Gasteiger partial charge in [0.1, 0.15) is 0 Å². The van der Waals surface area contributed by atoms with Gasteiger partial charge in [-0.3, -0.25) is 4.79 Å². The van der Waals surface area contributed by atoms with E-state index in [0.717, 1.165) is 51.9 Å². The Morgan fingerprint density at radius 1 is 1.10 bits per heavy atom. The zero-order valence-corrected chi connectivity index (χ0v) is 13.3. The molecule has 4 nitrogen and oxygen atoms in total. The number of hydrogen-bond acceptors (Lipinski definition) is 3. The number of carbonyl (C=O) groups is 1. The number of hydrogen-bond donors (Lipinski definition) is 0. The molecule has 0 spiro atoms. The fourth-order valence-corrected chi connectivity index (χ4v) is 3.16. The van der Waals surface area contributed by atoms with Gasteiger partial charge in [-0.25, -0.2) is 0 Å². The standard InChI is InChI=1S/C16H30N2O2/c1-13(2)17-10-6-15(7-11-17)20-12-14(3)16(19)18-8-4-5-9-18/h13-15H,4-12H2,1-3H3. The zero-order valence-electron chi connectivity index (χ0n) is 13.3. The molecule has 0 aromatic carbocycles. The van der Waals surface area contributed by atoms with E-state index in [1.165, 1.54) is 0 Å². The van der Waals surface area contributed by atoms with Crippen LogP contribution in [0.25, 0.3) is 0 Å². The normalized spacial score (nSPS) is 23.5. The number of amides is 1. The van der Waals surface area contributed by atoms with Crippen LogP contribution in [0.15, 0.2) is 0 Å². The average molecular weight is 282 g/mol. The molecule has 1 atom stereocenters. The number of ether oxygens (including phenoxy) is 1. The molecule has 116 valence electrons. The van der Waals surface area contributed by atoms with Crippen LogP contribution in [0.2, 0.25) is 0 Å². The summed E-state index contributed by atoms with van der Waals surface area (Å²) in [6, 6.07) is 0.631. The molecule has 0 aliphatic carbocycles. The van der Waals surface area contributed by atoms with Gasteiger partial charge in [-0.15, -0.1) is 0 Å².